The number of hydrogen-bond acceptors (Lipinski definition) is 3. The molecule has 0 spiro atoms. The summed E-state index contributed by atoms with van der Waals surface area (Å²) in [6.07, 6.45) is 0.651. The van der Waals surface area contributed by atoms with Gasteiger partial charge in [-0.2, -0.15) is 0 Å². The molecule has 0 aliphatic carbocycles. The first kappa shape index (κ1) is 17.3. The highest BCUT2D eigenvalue weighted by Crippen LogP contribution is 2.15. The molecule has 3 amide bonds. The lowest BCUT2D eigenvalue weighted by molar-refractivity contribution is -0.121. The lowest BCUT2D eigenvalue weighted by atomic mass is 10.1. The summed E-state index contributed by atoms with van der Waals surface area (Å²) in [5.41, 5.74) is 6.41. The number of rotatable bonds is 7. The van der Waals surface area contributed by atoms with E-state index >= 15 is 0 Å². The highest BCUT2D eigenvalue weighted by molar-refractivity contribution is 5.80. The van der Waals surface area contributed by atoms with Crippen molar-refractivity contribution in [2.45, 2.75) is 20.0 Å². The topological polar surface area (TPSA) is 84.7 Å². The molecule has 1 aromatic carbocycles. The average molecular weight is 319 g/mol. The maximum absolute atomic E-state index is 12.0. The lowest BCUT2D eigenvalue weighted by Gasteiger charge is -2.19. The van der Waals surface area contributed by atoms with Crippen LogP contribution in [0.4, 0.5) is 4.79 Å². The van der Waals surface area contributed by atoms with Gasteiger partial charge in [0.15, 0.2) is 0 Å². The van der Waals surface area contributed by atoms with Crippen molar-refractivity contribution < 1.29 is 14.3 Å². The van der Waals surface area contributed by atoms with E-state index in [0.29, 0.717) is 39.3 Å². The van der Waals surface area contributed by atoms with Crippen molar-refractivity contribution in [3.63, 3.8) is 0 Å². The number of carbonyl (C=O) groups is 2. The quantitative estimate of drug-likeness (QED) is 0.796. The fourth-order valence-corrected chi connectivity index (χ4v) is 2.56. The third kappa shape index (κ3) is 5.56. The van der Waals surface area contributed by atoms with Crippen molar-refractivity contribution in [3.8, 4) is 0 Å². The fraction of sp³-hybridized carbons (Fsp3) is 0.529. The van der Waals surface area contributed by atoms with Crippen LogP contribution in [0.1, 0.15) is 18.9 Å². The van der Waals surface area contributed by atoms with Crippen molar-refractivity contribution in [2.24, 2.45) is 17.6 Å². The van der Waals surface area contributed by atoms with E-state index in [2.05, 4.69) is 5.32 Å². The van der Waals surface area contributed by atoms with Crippen molar-refractivity contribution >= 4 is 11.9 Å². The van der Waals surface area contributed by atoms with Gasteiger partial charge in [0.1, 0.15) is 0 Å². The minimum atomic E-state index is -0.331. The molecule has 1 heterocycles. The molecular formula is C17H25N3O3. The Bertz CT molecular complexity index is 521. The van der Waals surface area contributed by atoms with Crippen molar-refractivity contribution in [3.05, 3.63) is 35.9 Å². The standard InChI is InChI=1S/C17H25N3O3/c1-13(11-23-12-14-5-3-2-4-6-14)9-19-17(22)20-8-7-15(10-20)16(18)21/h2-6,13,15H,7-12H2,1H3,(H2,18,21)(H,19,22). The first-order valence-corrected chi connectivity index (χ1v) is 8.00. The van der Waals surface area contributed by atoms with E-state index in [0.717, 1.165) is 5.56 Å². The van der Waals surface area contributed by atoms with Gasteiger partial charge in [-0.05, 0) is 17.9 Å². The SMILES string of the molecule is CC(CNC(=O)N1CCC(C(N)=O)C1)COCc1ccccc1. The summed E-state index contributed by atoms with van der Waals surface area (Å²) in [4.78, 5) is 24.8. The first-order valence-electron chi connectivity index (χ1n) is 8.00. The molecule has 2 unspecified atom stereocenters. The van der Waals surface area contributed by atoms with E-state index in [1.165, 1.54) is 0 Å². The van der Waals surface area contributed by atoms with Gasteiger partial charge in [-0.1, -0.05) is 37.3 Å². The zero-order chi connectivity index (χ0) is 16.7. The highest BCUT2D eigenvalue weighted by atomic mass is 16.5. The third-order valence-corrected chi connectivity index (χ3v) is 3.99. The first-order chi connectivity index (χ1) is 11.1. The van der Waals surface area contributed by atoms with Crippen molar-refractivity contribution in [1.29, 1.82) is 0 Å². The molecule has 0 bridgehead atoms. The number of nitrogens with two attached hydrogens (primary N) is 1. The zero-order valence-corrected chi connectivity index (χ0v) is 13.5. The Morgan fingerprint density at radius 3 is 2.78 bits per heavy atom. The molecule has 23 heavy (non-hydrogen) atoms. The zero-order valence-electron chi connectivity index (χ0n) is 13.5. The maximum atomic E-state index is 12.0. The molecular weight excluding hydrogens is 294 g/mol. The summed E-state index contributed by atoms with van der Waals surface area (Å²) < 4.78 is 5.66. The second-order valence-electron chi connectivity index (χ2n) is 6.13. The molecule has 1 aliphatic heterocycles. The Balaban J connectivity index is 1.61. The summed E-state index contributed by atoms with van der Waals surface area (Å²) in [5, 5.41) is 2.89. The van der Waals surface area contributed by atoms with Gasteiger partial charge < -0.3 is 20.7 Å². The number of urea groups is 1. The van der Waals surface area contributed by atoms with Gasteiger partial charge in [-0.25, -0.2) is 4.79 Å². The molecule has 1 fully saturated rings. The van der Waals surface area contributed by atoms with Crippen molar-refractivity contribution in [1.82, 2.24) is 10.2 Å². The van der Waals surface area contributed by atoms with Crippen LogP contribution in [-0.2, 0) is 16.1 Å². The molecule has 0 aromatic heterocycles. The largest absolute Gasteiger partial charge is 0.376 e. The van der Waals surface area contributed by atoms with Crippen LogP contribution in [-0.4, -0.2) is 43.1 Å². The summed E-state index contributed by atoms with van der Waals surface area (Å²) in [5.74, 6) is -0.326. The Morgan fingerprint density at radius 2 is 2.13 bits per heavy atom. The van der Waals surface area contributed by atoms with Gasteiger partial charge in [-0.15, -0.1) is 0 Å². The summed E-state index contributed by atoms with van der Waals surface area (Å²) in [6.45, 7) is 4.73. The lowest BCUT2D eigenvalue weighted by Crippen LogP contribution is -2.41. The molecule has 2 rings (SSSR count). The van der Waals surface area contributed by atoms with Crippen LogP contribution in [0.15, 0.2) is 30.3 Å². The van der Waals surface area contributed by atoms with E-state index in [4.69, 9.17) is 10.5 Å². The van der Waals surface area contributed by atoms with Gasteiger partial charge in [0.25, 0.3) is 0 Å². The highest BCUT2D eigenvalue weighted by Gasteiger charge is 2.29. The number of primary amides is 1. The number of ether oxygens (including phenoxy) is 1. The minimum absolute atomic E-state index is 0.136. The van der Waals surface area contributed by atoms with Gasteiger partial charge in [0.2, 0.25) is 5.91 Å². The number of likely N-dealkylation sites (tertiary alicyclic amines) is 1. The number of hydrogen-bond donors (Lipinski definition) is 2. The average Bonchev–Trinajstić information content (AvgIpc) is 3.04. The van der Waals surface area contributed by atoms with E-state index in [9.17, 15) is 9.59 Å². The second-order valence-corrected chi connectivity index (χ2v) is 6.13. The van der Waals surface area contributed by atoms with Crippen molar-refractivity contribution in [2.75, 3.05) is 26.2 Å². The Labute approximate surface area is 137 Å². The normalized spacial score (nSPS) is 18.7. The van der Waals surface area contributed by atoms with E-state index in [1.807, 2.05) is 37.3 Å². The molecule has 6 heteroatoms. The third-order valence-electron chi connectivity index (χ3n) is 3.99. The van der Waals surface area contributed by atoms with Crippen LogP contribution in [0.2, 0.25) is 0 Å². The van der Waals surface area contributed by atoms with Crippen LogP contribution >= 0.6 is 0 Å². The van der Waals surface area contributed by atoms with Crippen LogP contribution in [0.5, 0.6) is 0 Å². The number of nitrogens with one attached hydrogen (secondary N) is 1. The molecule has 0 saturated carbocycles. The van der Waals surface area contributed by atoms with E-state index < -0.39 is 0 Å². The molecule has 1 saturated heterocycles. The maximum Gasteiger partial charge on any atom is 0.317 e. The fourth-order valence-electron chi connectivity index (χ4n) is 2.56. The van der Waals surface area contributed by atoms with Crippen LogP contribution < -0.4 is 11.1 Å². The number of benzene rings is 1. The predicted octanol–water partition coefficient (Wildman–Crippen LogP) is 1.36. The molecule has 2 atom stereocenters. The molecule has 126 valence electrons. The summed E-state index contributed by atoms with van der Waals surface area (Å²) >= 11 is 0. The summed E-state index contributed by atoms with van der Waals surface area (Å²) in [6, 6.07) is 9.85. The monoisotopic (exact) mass is 319 g/mol. The molecule has 6 nitrogen and oxygen atoms in total. The van der Waals surface area contributed by atoms with Gasteiger partial charge in [0.05, 0.1) is 19.1 Å². The Morgan fingerprint density at radius 1 is 1.39 bits per heavy atom. The van der Waals surface area contributed by atoms with Crippen LogP contribution in [0.3, 0.4) is 0 Å². The Hall–Kier alpha value is -2.08. The van der Waals surface area contributed by atoms with E-state index in [-0.39, 0.29) is 23.8 Å². The predicted molar refractivity (Wildman–Crippen MR) is 87.5 cm³/mol. The minimum Gasteiger partial charge on any atom is -0.376 e. The van der Waals surface area contributed by atoms with E-state index in [1.54, 1.807) is 4.90 Å². The van der Waals surface area contributed by atoms with Crippen LogP contribution in [0, 0.1) is 11.8 Å². The van der Waals surface area contributed by atoms with Gasteiger partial charge in [0, 0.05) is 19.6 Å². The molecule has 3 N–H and O–H groups in total. The van der Waals surface area contributed by atoms with Gasteiger partial charge in [-0.3, -0.25) is 4.79 Å². The molecule has 1 aliphatic rings. The van der Waals surface area contributed by atoms with Gasteiger partial charge >= 0.3 is 6.03 Å². The second kappa shape index (κ2) is 8.53. The number of amides is 3. The molecule has 0 radical (unpaired) electrons. The van der Waals surface area contributed by atoms with Crippen LogP contribution in [0.25, 0.3) is 0 Å². The Kier molecular flexibility index (Phi) is 6.40. The summed E-state index contributed by atoms with van der Waals surface area (Å²) in [7, 11) is 0. The molecule has 1 aromatic rings. The smallest absolute Gasteiger partial charge is 0.317 e. The number of carbonyl (C=O) groups excluding carboxylic acids is 2. The number of nitrogens with zero attached hydrogens (tertiary/aromatic N) is 1.